The van der Waals surface area contributed by atoms with E-state index < -0.39 is 25.7 Å². The Bertz CT molecular complexity index is 436. The molecule has 24 heavy (non-hydrogen) atoms. The third-order valence-corrected chi connectivity index (χ3v) is 13.0. The Kier molecular flexibility index (Phi) is 15.2. The van der Waals surface area contributed by atoms with Gasteiger partial charge in [0.25, 0.3) is 0 Å². The number of hydrogen-bond acceptors (Lipinski definition) is 2. The van der Waals surface area contributed by atoms with Gasteiger partial charge in [0.1, 0.15) is 0 Å². The Labute approximate surface area is 156 Å². The minimum atomic E-state index is -1.15. The zero-order valence-corrected chi connectivity index (χ0v) is 18.6. The molecule has 0 spiro atoms. The van der Waals surface area contributed by atoms with Crippen molar-refractivity contribution in [2.45, 2.75) is 72.6 Å². The number of hydrogen-bond donors (Lipinski definition) is 0. The first-order valence-corrected chi connectivity index (χ1v) is 15.4. The topological polar surface area (TPSA) is 40.1 Å². The van der Waals surface area contributed by atoms with Crippen LogP contribution < -0.4 is 5.11 Å². The van der Waals surface area contributed by atoms with Gasteiger partial charge < -0.3 is 9.90 Å². The van der Waals surface area contributed by atoms with Crippen LogP contribution in [0.4, 0.5) is 0 Å². The summed E-state index contributed by atoms with van der Waals surface area (Å²) in [5, 5.41) is 10.3. The molecule has 1 rings (SSSR count). The summed E-state index contributed by atoms with van der Waals surface area (Å²) in [6.07, 6.45) is 10.5. The molecule has 1 aromatic rings. The number of aromatic carboxylic acids is 1. The van der Waals surface area contributed by atoms with Gasteiger partial charge in [-0.05, 0) is 11.1 Å². The van der Waals surface area contributed by atoms with Crippen molar-refractivity contribution in [1.82, 2.24) is 0 Å². The third-order valence-electron chi connectivity index (χ3n) is 4.27. The fourth-order valence-electron chi connectivity index (χ4n) is 2.51. The van der Waals surface area contributed by atoms with E-state index in [1.54, 1.807) is 37.9 Å². The molecule has 0 amide bonds. The Hall–Kier alpha value is -0.771. The van der Waals surface area contributed by atoms with Crippen LogP contribution in [0.3, 0.4) is 0 Å². The summed E-state index contributed by atoms with van der Waals surface area (Å²) >= 11 is -0.774. The van der Waals surface area contributed by atoms with Gasteiger partial charge in [-0.3, -0.25) is 0 Å². The monoisotopic (exact) mass is 438 g/mol. The Morgan fingerprint density at radius 2 is 1.54 bits per heavy atom. The van der Waals surface area contributed by atoms with Crippen LogP contribution in [0, 0.1) is 0 Å². The Balaban J connectivity index is 0.000000446. The summed E-state index contributed by atoms with van der Waals surface area (Å²) in [6.45, 7) is 10.7. The molecule has 0 fully saturated rings. The van der Waals surface area contributed by atoms with Gasteiger partial charge in [-0.2, -0.15) is 0 Å². The predicted octanol–water partition coefficient (Wildman–Crippen LogP) is 5.57. The fraction of sp³-hybridized carbons (Fsp3) is 0.571. The molecule has 0 N–H and O–H groups in total. The second-order valence-electron chi connectivity index (χ2n) is 6.09. The molecule has 0 aliphatic heterocycles. The normalized spacial score (nSPS) is 9.79. The van der Waals surface area contributed by atoms with Crippen LogP contribution in [0.1, 0.15) is 75.2 Å². The standard InChI is InChI=1S/C9H8O2.C8H17.2C2H5.Sn/c1-2-7-3-5-8(6-4-7)9(10)11;1-3-5-7-8-6-4-2;2*1-2;/h2-6H,1H2,(H,10,11);1,3-8H2,2H3;2*1H2,2H3;/q;;;;+1/p-1. The van der Waals surface area contributed by atoms with Crippen molar-refractivity contribution in [1.29, 1.82) is 0 Å². The molecule has 0 saturated heterocycles. The fourth-order valence-corrected chi connectivity index (χ4v) is 8.10. The number of benzene rings is 1. The van der Waals surface area contributed by atoms with Gasteiger partial charge in [0, 0.05) is 0 Å². The summed E-state index contributed by atoms with van der Waals surface area (Å²) in [7, 11) is 0. The third kappa shape index (κ3) is 11.7. The van der Waals surface area contributed by atoms with Gasteiger partial charge in [0.05, 0.1) is 5.97 Å². The number of unbranched alkanes of at least 4 members (excludes halogenated alkanes) is 5. The number of carbonyl (C=O) groups excluding carboxylic acids is 1. The van der Waals surface area contributed by atoms with E-state index in [2.05, 4.69) is 27.4 Å². The van der Waals surface area contributed by atoms with Gasteiger partial charge >= 0.3 is 92.4 Å². The minimum absolute atomic E-state index is 0.190. The molecule has 0 aliphatic rings. The average Bonchev–Trinajstić information content (AvgIpc) is 2.62. The summed E-state index contributed by atoms with van der Waals surface area (Å²) in [5.74, 6) is -1.15. The van der Waals surface area contributed by atoms with Crippen molar-refractivity contribution >= 4 is 31.8 Å². The van der Waals surface area contributed by atoms with Crippen molar-refractivity contribution in [3.63, 3.8) is 0 Å². The maximum absolute atomic E-state index is 10.3. The van der Waals surface area contributed by atoms with Crippen LogP contribution in [-0.2, 0) is 0 Å². The van der Waals surface area contributed by atoms with E-state index in [1.165, 1.54) is 44.2 Å². The molecular weight excluding hydrogens is 403 g/mol. The van der Waals surface area contributed by atoms with Crippen molar-refractivity contribution in [3.05, 3.63) is 42.0 Å². The van der Waals surface area contributed by atoms with Crippen molar-refractivity contribution in [3.8, 4) is 0 Å². The molecule has 3 heteroatoms. The summed E-state index contributed by atoms with van der Waals surface area (Å²) < 4.78 is 4.82. The maximum atomic E-state index is 10.3. The van der Waals surface area contributed by atoms with E-state index in [0.29, 0.717) is 0 Å². The van der Waals surface area contributed by atoms with Crippen LogP contribution in [0.2, 0.25) is 13.3 Å². The average molecular weight is 437 g/mol. The summed E-state index contributed by atoms with van der Waals surface area (Å²) in [6, 6.07) is 6.34. The molecule has 0 unspecified atom stereocenters. The molecule has 0 radical (unpaired) electrons. The van der Waals surface area contributed by atoms with Crippen LogP contribution in [0.15, 0.2) is 30.8 Å². The Morgan fingerprint density at radius 1 is 1.00 bits per heavy atom. The molecule has 0 heterocycles. The number of carbonyl (C=O) groups is 1. The van der Waals surface area contributed by atoms with Gasteiger partial charge in [0.15, 0.2) is 0 Å². The van der Waals surface area contributed by atoms with Crippen molar-refractivity contribution in [2.75, 3.05) is 0 Å². The number of carboxylic acids is 1. The van der Waals surface area contributed by atoms with Crippen LogP contribution in [-0.4, -0.2) is 25.7 Å². The van der Waals surface area contributed by atoms with Crippen molar-refractivity contribution in [2.24, 2.45) is 0 Å². The zero-order chi connectivity index (χ0) is 18.2. The van der Waals surface area contributed by atoms with Crippen LogP contribution in [0.25, 0.3) is 6.08 Å². The number of rotatable bonds is 11. The van der Waals surface area contributed by atoms with E-state index in [1.807, 2.05) is 0 Å². The summed E-state index contributed by atoms with van der Waals surface area (Å²) in [5.41, 5.74) is 1.09. The quantitative estimate of drug-likeness (QED) is 0.335. The molecule has 2 nitrogen and oxygen atoms in total. The first-order chi connectivity index (χ1) is 11.6. The molecule has 1 aromatic carbocycles. The van der Waals surface area contributed by atoms with E-state index in [-0.39, 0.29) is 5.56 Å². The molecule has 0 atom stereocenters. The second-order valence-corrected chi connectivity index (χ2v) is 15.8. The molecule has 134 valence electrons. The van der Waals surface area contributed by atoms with E-state index >= 15 is 0 Å². The van der Waals surface area contributed by atoms with Crippen LogP contribution in [0.5, 0.6) is 0 Å². The first-order valence-electron chi connectivity index (χ1n) is 9.36. The van der Waals surface area contributed by atoms with Crippen LogP contribution >= 0.6 is 0 Å². The predicted molar refractivity (Wildman–Crippen MR) is 106 cm³/mol. The molecule has 0 bridgehead atoms. The van der Waals surface area contributed by atoms with Gasteiger partial charge in [0.2, 0.25) is 0 Å². The van der Waals surface area contributed by atoms with Crippen molar-refractivity contribution < 1.29 is 9.90 Å². The summed E-state index contributed by atoms with van der Waals surface area (Å²) in [4.78, 5) is 10.3. The number of carboxylic acid groups (broad SMARTS) is 1. The molecule has 0 aromatic heterocycles. The van der Waals surface area contributed by atoms with E-state index in [0.717, 1.165) is 5.56 Å². The second kappa shape index (κ2) is 15.7. The zero-order valence-electron chi connectivity index (χ0n) is 15.8. The van der Waals surface area contributed by atoms with Gasteiger partial charge in [-0.15, -0.1) is 0 Å². The van der Waals surface area contributed by atoms with E-state index in [4.69, 9.17) is 0 Å². The molecular formula is C21H34O2Sn. The van der Waals surface area contributed by atoms with Gasteiger partial charge in [-0.25, -0.2) is 0 Å². The van der Waals surface area contributed by atoms with E-state index in [9.17, 15) is 9.90 Å². The molecule has 0 aliphatic carbocycles. The Morgan fingerprint density at radius 3 is 2.00 bits per heavy atom. The SMILES string of the molecule is C=Cc1ccc(C(=O)[O-])cc1.CCCCCCC[CH2][Sn+]([CH2]C)[CH2]C. The first kappa shape index (κ1) is 23.2. The van der Waals surface area contributed by atoms with Gasteiger partial charge in [-0.1, -0.05) is 36.9 Å². The molecule has 0 saturated carbocycles.